The molecule has 1 atom stereocenters. The summed E-state index contributed by atoms with van der Waals surface area (Å²) in [5.74, 6) is 0.128. The van der Waals surface area contributed by atoms with E-state index in [0.29, 0.717) is 6.54 Å². The first-order valence-corrected chi connectivity index (χ1v) is 7.14. The molecule has 1 amide bonds. The lowest BCUT2D eigenvalue weighted by molar-refractivity contribution is 0.0737. The topological polar surface area (TPSA) is 46.3 Å². The molecule has 4 heteroatoms. The van der Waals surface area contributed by atoms with E-state index in [1.807, 2.05) is 35.4 Å². The quantitative estimate of drug-likeness (QED) is 0.834. The van der Waals surface area contributed by atoms with Gasteiger partial charge in [0.05, 0.1) is 5.56 Å². The summed E-state index contributed by atoms with van der Waals surface area (Å²) >= 11 is 1.61. The highest BCUT2D eigenvalue weighted by Gasteiger charge is 2.29. The number of likely N-dealkylation sites (tertiary alicyclic amines) is 1. The van der Waals surface area contributed by atoms with E-state index in [9.17, 15) is 4.79 Å². The van der Waals surface area contributed by atoms with Gasteiger partial charge < -0.3 is 10.6 Å². The van der Waals surface area contributed by atoms with Crippen molar-refractivity contribution >= 4 is 17.7 Å². The van der Waals surface area contributed by atoms with E-state index < -0.39 is 0 Å². The number of benzene rings is 1. The lowest BCUT2D eigenvalue weighted by Crippen LogP contribution is -2.40. The van der Waals surface area contributed by atoms with Gasteiger partial charge in [-0.3, -0.25) is 4.79 Å². The van der Waals surface area contributed by atoms with Crippen molar-refractivity contribution < 1.29 is 4.79 Å². The second-order valence-electron chi connectivity index (χ2n) is 4.23. The van der Waals surface area contributed by atoms with Gasteiger partial charge >= 0.3 is 0 Å². The van der Waals surface area contributed by atoms with Gasteiger partial charge in [0.2, 0.25) is 0 Å². The minimum absolute atomic E-state index is 0.128. The fourth-order valence-corrected chi connectivity index (χ4v) is 2.91. The van der Waals surface area contributed by atoms with Crippen LogP contribution in [0, 0.1) is 0 Å². The van der Waals surface area contributed by atoms with Crippen LogP contribution >= 0.6 is 11.8 Å². The Morgan fingerprint density at radius 3 is 3.00 bits per heavy atom. The molecule has 1 aromatic carbocycles. The molecular formula is C13H18N2OS. The Labute approximate surface area is 106 Å². The zero-order valence-corrected chi connectivity index (χ0v) is 10.9. The van der Waals surface area contributed by atoms with Crippen molar-refractivity contribution in [2.45, 2.75) is 23.8 Å². The summed E-state index contributed by atoms with van der Waals surface area (Å²) in [6.45, 7) is 1.40. The monoisotopic (exact) mass is 250 g/mol. The fraction of sp³-hybridized carbons (Fsp3) is 0.462. The molecule has 0 aliphatic carbocycles. The number of rotatable bonds is 3. The molecule has 92 valence electrons. The molecule has 2 N–H and O–H groups in total. The third-order valence-corrected chi connectivity index (χ3v) is 4.04. The largest absolute Gasteiger partial charge is 0.334 e. The van der Waals surface area contributed by atoms with Gasteiger partial charge in [0.1, 0.15) is 0 Å². The fourth-order valence-electron chi connectivity index (χ4n) is 2.32. The van der Waals surface area contributed by atoms with Gasteiger partial charge in [-0.05, 0) is 31.2 Å². The lowest BCUT2D eigenvalue weighted by Gasteiger charge is -2.24. The van der Waals surface area contributed by atoms with Gasteiger partial charge in [0.25, 0.3) is 5.91 Å². The Morgan fingerprint density at radius 1 is 1.53 bits per heavy atom. The van der Waals surface area contributed by atoms with Crippen molar-refractivity contribution in [3.8, 4) is 0 Å². The van der Waals surface area contributed by atoms with E-state index in [-0.39, 0.29) is 11.9 Å². The van der Waals surface area contributed by atoms with Gasteiger partial charge in [-0.25, -0.2) is 0 Å². The number of hydrogen-bond donors (Lipinski definition) is 1. The van der Waals surface area contributed by atoms with Crippen LogP contribution in [-0.4, -0.2) is 36.2 Å². The average Bonchev–Trinajstić information content (AvgIpc) is 2.86. The van der Waals surface area contributed by atoms with Crippen molar-refractivity contribution in [3.05, 3.63) is 29.8 Å². The molecule has 1 unspecified atom stereocenters. The van der Waals surface area contributed by atoms with Crippen molar-refractivity contribution in [2.24, 2.45) is 5.73 Å². The zero-order chi connectivity index (χ0) is 12.3. The third kappa shape index (κ3) is 2.48. The average molecular weight is 250 g/mol. The molecule has 1 saturated heterocycles. The lowest BCUT2D eigenvalue weighted by atomic mass is 10.1. The molecule has 1 heterocycles. The normalized spacial score (nSPS) is 19.6. The second kappa shape index (κ2) is 5.56. The number of hydrogen-bond acceptors (Lipinski definition) is 3. The van der Waals surface area contributed by atoms with E-state index >= 15 is 0 Å². The molecule has 17 heavy (non-hydrogen) atoms. The summed E-state index contributed by atoms with van der Waals surface area (Å²) in [4.78, 5) is 15.4. The molecule has 0 saturated carbocycles. The van der Waals surface area contributed by atoms with Crippen LogP contribution in [0.2, 0.25) is 0 Å². The number of thioether (sulfide) groups is 1. The summed E-state index contributed by atoms with van der Waals surface area (Å²) in [5, 5.41) is 0. The van der Waals surface area contributed by atoms with E-state index in [2.05, 4.69) is 0 Å². The molecule has 3 nitrogen and oxygen atoms in total. The SMILES string of the molecule is CSc1ccccc1C(=O)N1CCCC1CN. The molecule has 1 fully saturated rings. The first-order chi connectivity index (χ1) is 8.27. The van der Waals surface area contributed by atoms with Crippen molar-refractivity contribution in [3.63, 3.8) is 0 Å². The molecule has 0 aromatic heterocycles. The first-order valence-electron chi connectivity index (χ1n) is 5.92. The van der Waals surface area contributed by atoms with Gasteiger partial charge in [0.15, 0.2) is 0 Å². The van der Waals surface area contributed by atoms with Gasteiger partial charge in [0, 0.05) is 24.0 Å². The Bertz CT molecular complexity index is 408. The van der Waals surface area contributed by atoms with Gasteiger partial charge in [-0.2, -0.15) is 0 Å². The van der Waals surface area contributed by atoms with Crippen molar-refractivity contribution in [1.82, 2.24) is 4.90 Å². The number of carbonyl (C=O) groups excluding carboxylic acids is 1. The number of nitrogens with two attached hydrogens (primary N) is 1. The molecule has 0 spiro atoms. The second-order valence-corrected chi connectivity index (χ2v) is 5.08. The Kier molecular flexibility index (Phi) is 4.07. The minimum Gasteiger partial charge on any atom is -0.334 e. The molecule has 1 aliphatic heterocycles. The highest BCUT2D eigenvalue weighted by molar-refractivity contribution is 7.98. The van der Waals surface area contributed by atoms with Crippen molar-refractivity contribution in [1.29, 1.82) is 0 Å². The van der Waals surface area contributed by atoms with Gasteiger partial charge in [-0.1, -0.05) is 12.1 Å². The molecule has 1 aliphatic rings. The van der Waals surface area contributed by atoms with Crippen LogP contribution in [0.1, 0.15) is 23.2 Å². The van der Waals surface area contributed by atoms with E-state index in [4.69, 9.17) is 5.73 Å². The first kappa shape index (κ1) is 12.5. The number of carbonyl (C=O) groups is 1. The smallest absolute Gasteiger partial charge is 0.255 e. The molecule has 0 bridgehead atoms. The van der Waals surface area contributed by atoms with Crippen LogP contribution in [0.5, 0.6) is 0 Å². The Morgan fingerprint density at radius 2 is 2.29 bits per heavy atom. The van der Waals surface area contributed by atoms with Crippen LogP contribution in [0.4, 0.5) is 0 Å². The van der Waals surface area contributed by atoms with Crippen LogP contribution in [0.3, 0.4) is 0 Å². The van der Waals surface area contributed by atoms with Crippen LogP contribution in [-0.2, 0) is 0 Å². The molecular weight excluding hydrogens is 232 g/mol. The number of nitrogens with zero attached hydrogens (tertiary/aromatic N) is 1. The highest BCUT2D eigenvalue weighted by Crippen LogP contribution is 2.25. The molecule has 1 aromatic rings. The van der Waals surface area contributed by atoms with Crippen LogP contribution in [0.15, 0.2) is 29.2 Å². The summed E-state index contributed by atoms with van der Waals surface area (Å²) in [6.07, 6.45) is 4.09. The van der Waals surface area contributed by atoms with Crippen LogP contribution in [0.25, 0.3) is 0 Å². The third-order valence-electron chi connectivity index (χ3n) is 3.25. The van der Waals surface area contributed by atoms with Crippen molar-refractivity contribution in [2.75, 3.05) is 19.3 Å². The highest BCUT2D eigenvalue weighted by atomic mass is 32.2. The number of amides is 1. The summed E-state index contributed by atoms with van der Waals surface area (Å²) in [5.41, 5.74) is 6.52. The van der Waals surface area contributed by atoms with E-state index in [1.165, 1.54) is 0 Å². The molecule has 0 radical (unpaired) electrons. The maximum Gasteiger partial charge on any atom is 0.255 e. The van der Waals surface area contributed by atoms with Gasteiger partial charge in [-0.15, -0.1) is 11.8 Å². The Balaban J connectivity index is 2.24. The molecule has 2 rings (SSSR count). The predicted molar refractivity (Wildman–Crippen MR) is 71.3 cm³/mol. The van der Waals surface area contributed by atoms with E-state index in [1.54, 1.807) is 11.8 Å². The maximum absolute atomic E-state index is 12.5. The summed E-state index contributed by atoms with van der Waals surface area (Å²) < 4.78 is 0. The maximum atomic E-state index is 12.5. The summed E-state index contributed by atoms with van der Waals surface area (Å²) in [6, 6.07) is 8.00. The standard InChI is InChI=1S/C13H18N2OS/c1-17-12-7-3-2-6-11(12)13(16)15-8-4-5-10(15)9-14/h2-3,6-7,10H,4-5,8-9,14H2,1H3. The zero-order valence-electron chi connectivity index (χ0n) is 10.1. The van der Waals surface area contributed by atoms with E-state index in [0.717, 1.165) is 29.8 Å². The predicted octanol–water partition coefficient (Wildman–Crippen LogP) is 1.97. The van der Waals surface area contributed by atoms with Crippen LogP contribution < -0.4 is 5.73 Å². The Hall–Kier alpha value is -1.00. The summed E-state index contributed by atoms with van der Waals surface area (Å²) in [7, 11) is 0. The minimum atomic E-state index is 0.128.